The van der Waals surface area contributed by atoms with E-state index in [-0.39, 0.29) is 23.3 Å². The monoisotopic (exact) mass is 467 g/mol. The van der Waals surface area contributed by atoms with Gasteiger partial charge in [-0.1, -0.05) is 39.0 Å². The van der Waals surface area contributed by atoms with Crippen molar-refractivity contribution in [3.8, 4) is 0 Å². The minimum atomic E-state index is -3.73. The van der Waals surface area contributed by atoms with Crippen molar-refractivity contribution in [2.75, 3.05) is 22.8 Å². The number of carbonyl (C=O) groups is 1. The summed E-state index contributed by atoms with van der Waals surface area (Å²) in [6, 6.07) is 11.5. The van der Waals surface area contributed by atoms with Crippen LogP contribution in [0, 0.1) is 6.92 Å². The number of rotatable bonds is 8. The van der Waals surface area contributed by atoms with Gasteiger partial charge in [0.15, 0.2) is 0 Å². The van der Waals surface area contributed by atoms with E-state index in [4.69, 9.17) is 0 Å². The molecule has 0 saturated heterocycles. The summed E-state index contributed by atoms with van der Waals surface area (Å²) in [4.78, 5) is 12.3. The van der Waals surface area contributed by atoms with Gasteiger partial charge in [0, 0.05) is 18.7 Å². The van der Waals surface area contributed by atoms with Gasteiger partial charge in [-0.15, -0.1) is 0 Å². The standard InChI is InChI=1S/C21H29N3O5S2/c1-15-6-9-17(14-19(15)24-30(5,26)27)23-20(25)12-13-22-31(28,29)18-10-7-16(8-11-18)21(2,3)4/h6-11,14,22,24H,12-13H2,1-5H3,(H,23,25). The van der Waals surface area contributed by atoms with Gasteiger partial charge in [0.2, 0.25) is 26.0 Å². The molecule has 0 aliphatic carbocycles. The highest BCUT2D eigenvalue weighted by Crippen LogP contribution is 2.23. The molecule has 8 nitrogen and oxygen atoms in total. The van der Waals surface area contributed by atoms with E-state index in [1.54, 1.807) is 43.3 Å². The zero-order valence-electron chi connectivity index (χ0n) is 18.3. The fourth-order valence-corrected chi connectivity index (χ4v) is 4.40. The molecule has 170 valence electrons. The van der Waals surface area contributed by atoms with Crippen molar-refractivity contribution in [2.45, 2.75) is 44.4 Å². The summed E-state index contributed by atoms with van der Waals surface area (Å²) in [7, 11) is -7.18. The SMILES string of the molecule is Cc1ccc(NC(=O)CCNS(=O)(=O)c2ccc(C(C)(C)C)cc2)cc1NS(C)(=O)=O. The lowest BCUT2D eigenvalue weighted by atomic mass is 9.87. The molecule has 0 bridgehead atoms. The second-order valence-electron chi connectivity index (χ2n) is 8.37. The van der Waals surface area contributed by atoms with Gasteiger partial charge in [0.05, 0.1) is 16.8 Å². The highest BCUT2D eigenvalue weighted by atomic mass is 32.2. The lowest BCUT2D eigenvalue weighted by Gasteiger charge is -2.19. The van der Waals surface area contributed by atoms with Gasteiger partial charge in [0.1, 0.15) is 0 Å². The van der Waals surface area contributed by atoms with Crippen LogP contribution in [0.15, 0.2) is 47.4 Å². The van der Waals surface area contributed by atoms with Gasteiger partial charge in [-0.2, -0.15) is 0 Å². The molecule has 0 fully saturated rings. The van der Waals surface area contributed by atoms with Crippen LogP contribution >= 0.6 is 0 Å². The molecule has 0 radical (unpaired) electrons. The van der Waals surface area contributed by atoms with E-state index in [2.05, 4.69) is 14.8 Å². The molecule has 10 heteroatoms. The zero-order valence-corrected chi connectivity index (χ0v) is 19.9. The molecule has 2 rings (SSSR count). The maximum absolute atomic E-state index is 12.4. The smallest absolute Gasteiger partial charge is 0.240 e. The minimum Gasteiger partial charge on any atom is -0.326 e. The van der Waals surface area contributed by atoms with Crippen LogP contribution in [0.3, 0.4) is 0 Å². The zero-order chi connectivity index (χ0) is 23.4. The second-order valence-corrected chi connectivity index (χ2v) is 11.9. The molecule has 31 heavy (non-hydrogen) atoms. The van der Waals surface area contributed by atoms with Crippen molar-refractivity contribution >= 4 is 37.3 Å². The molecule has 0 aromatic heterocycles. The molecule has 0 unspecified atom stereocenters. The van der Waals surface area contributed by atoms with Crippen molar-refractivity contribution in [1.29, 1.82) is 0 Å². The number of anilines is 2. The average Bonchev–Trinajstić information content (AvgIpc) is 2.62. The Morgan fingerprint density at radius 2 is 1.58 bits per heavy atom. The Morgan fingerprint density at radius 1 is 0.968 bits per heavy atom. The molecular weight excluding hydrogens is 438 g/mol. The van der Waals surface area contributed by atoms with Crippen LogP contribution in [0.2, 0.25) is 0 Å². The number of aryl methyl sites for hydroxylation is 1. The van der Waals surface area contributed by atoms with Gasteiger partial charge < -0.3 is 5.32 Å². The van der Waals surface area contributed by atoms with E-state index in [1.807, 2.05) is 20.8 Å². The highest BCUT2D eigenvalue weighted by molar-refractivity contribution is 7.92. The molecule has 0 saturated carbocycles. The number of nitrogens with one attached hydrogen (secondary N) is 3. The largest absolute Gasteiger partial charge is 0.326 e. The first-order chi connectivity index (χ1) is 14.2. The maximum Gasteiger partial charge on any atom is 0.240 e. The van der Waals surface area contributed by atoms with Crippen LogP contribution in [0.1, 0.15) is 38.3 Å². The molecule has 2 aromatic rings. The topological polar surface area (TPSA) is 121 Å². The Hall–Kier alpha value is -2.43. The van der Waals surface area contributed by atoms with Gasteiger partial charge >= 0.3 is 0 Å². The third-order valence-electron chi connectivity index (χ3n) is 4.49. The summed E-state index contributed by atoms with van der Waals surface area (Å²) in [5.41, 5.74) is 2.41. The first kappa shape index (κ1) is 24.8. The first-order valence-corrected chi connectivity index (χ1v) is 13.0. The molecule has 0 spiro atoms. The number of benzene rings is 2. The van der Waals surface area contributed by atoms with Crippen molar-refractivity contribution in [3.05, 3.63) is 53.6 Å². The van der Waals surface area contributed by atoms with Crippen LogP contribution in [-0.4, -0.2) is 35.5 Å². The Bertz CT molecular complexity index is 1150. The first-order valence-electron chi connectivity index (χ1n) is 9.66. The third-order valence-corrected chi connectivity index (χ3v) is 6.56. The molecule has 3 N–H and O–H groups in total. The van der Waals surface area contributed by atoms with E-state index >= 15 is 0 Å². The van der Waals surface area contributed by atoms with Gasteiger partial charge in [-0.3, -0.25) is 9.52 Å². The summed E-state index contributed by atoms with van der Waals surface area (Å²) in [5, 5.41) is 2.64. The number of hydrogen-bond acceptors (Lipinski definition) is 5. The molecule has 0 aliphatic heterocycles. The lowest BCUT2D eigenvalue weighted by Crippen LogP contribution is -2.28. The number of hydrogen-bond donors (Lipinski definition) is 3. The Balaban J connectivity index is 1.95. The predicted octanol–water partition coefficient (Wildman–Crippen LogP) is 2.97. The lowest BCUT2D eigenvalue weighted by molar-refractivity contribution is -0.116. The summed E-state index contributed by atoms with van der Waals surface area (Å²) in [6.45, 7) is 7.79. The summed E-state index contributed by atoms with van der Waals surface area (Å²) in [6.07, 6.45) is 0.961. The van der Waals surface area contributed by atoms with Crippen molar-refractivity contribution < 1.29 is 21.6 Å². The maximum atomic E-state index is 12.4. The fourth-order valence-electron chi connectivity index (χ4n) is 2.75. The van der Waals surface area contributed by atoms with Gasteiger partial charge in [-0.25, -0.2) is 21.6 Å². The molecule has 2 aromatic carbocycles. The minimum absolute atomic E-state index is 0.0739. The summed E-state index contributed by atoms with van der Waals surface area (Å²) >= 11 is 0. The Morgan fingerprint density at radius 3 is 2.13 bits per heavy atom. The molecule has 0 atom stereocenters. The highest BCUT2D eigenvalue weighted by Gasteiger charge is 2.18. The number of carbonyl (C=O) groups excluding carboxylic acids is 1. The number of amides is 1. The van der Waals surface area contributed by atoms with Crippen molar-refractivity contribution in [1.82, 2.24) is 4.72 Å². The Labute approximate surface area is 184 Å². The average molecular weight is 468 g/mol. The van der Waals surface area contributed by atoms with E-state index in [0.717, 1.165) is 11.8 Å². The quantitative estimate of drug-likeness (QED) is 0.551. The van der Waals surface area contributed by atoms with Crippen LogP contribution in [0.25, 0.3) is 0 Å². The Kier molecular flexibility index (Phi) is 7.51. The van der Waals surface area contributed by atoms with E-state index in [1.165, 1.54) is 6.07 Å². The molecule has 0 heterocycles. The van der Waals surface area contributed by atoms with Gasteiger partial charge in [-0.05, 0) is 47.7 Å². The van der Waals surface area contributed by atoms with Crippen LogP contribution in [-0.2, 0) is 30.3 Å². The van der Waals surface area contributed by atoms with Crippen molar-refractivity contribution in [3.63, 3.8) is 0 Å². The number of sulfonamides is 2. The van der Waals surface area contributed by atoms with E-state index in [9.17, 15) is 21.6 Å². The second kappa shape index (κ2) is 9.37. The fraction of sp³-hybridized carbons (Fsp3) is 0.381. The van der Waals surface area contributed by atoms with Crippen molar-refractivity contribution in [2.24, 2.45) is 0 Å². The third kappa shape index (κ3) is 7.64. The van der Waals surface area contributed by atoms with E-state index < -0.39 is 26.0 Å². The van der Waals surface area contributed by atoms with E-state index in [0.29, 0.717) is 16.9 Å². The van der Waals surface area contributed by atoms with Crippen LogP contribution < -0.4 is 14.8 Å². The van der Waals surface area contributed by atoms with Crippen LogP contribution in [0.5, 0.6) is 0 Å². The molecular formula is C21H29N3O5S2. The van der Waals surface area contributed by atoms with Crippen LogP contribution in [0.4, 0.5) is 11.4 Å². The molecule has 1 amide bonds. The summed E-state index contributed by atoms with van der Waals surface area (Å²) < 4.78 is 52.6. The normalized spacial score (nSPS) is 12.4. The van der Waals surface area contributed by atoms with Gasteiger partial charge in [0.25, 0.3) is 0 Å². The molecule has 0 aliphatic rings. The predicted molar refractivity (Wildman–Crippen MR) is 123 cm³/mol. The summed E-state index contributed by atoms with van der Waals surface area (Å²) in [5.74, 6) is -0.403.